The minimum atomic E-state index is -4.49. The number of fused-ring (bicyclic) bond motifs is 1. The monoisotopic (exact) mass is 581 g/mol. The van der Waals surface area contributed by atoms with Crippen LogP contribution in [0.1, 0.15) is 43.0 Å². The van der Waals surface area contributed by atoms with Crippen LogP contribution < -0.4 is 5.32 Å². The lowest BCUT2D eigenvalue weighted by molar-refractivity contribution is -0.141. The van der Waals surface area contributed by atoms with Gasteiger partial charge in [0.1, 0.15) is 23.5 Å². The number of alkyl halides is 3. The molecule has 0 radical (unpaired) electrons. The van der Waals surface area contributed by atoms with Crippen molar-refractivity contribution >= 4 is 16.9 Å². The summed E-state index contributed by atoms with van der Waals surface area (Å²) in [7, 11) is 0. The van der Waals surface area contributed by atoms with Crippen LogP contribution in [0.25, 0.3) is 22.3 Å². The molecule has 2 aliphatic heterocycles. The molecular weight excluding hydrogens is 547 g/mol. The molecule has 222 valence electrons. The summed E-state index contributed by atoms with van der Waals surface area (Å²) in [6, 6.07) is 5.86. The summed E-state index contributed by atoms with van der Waals surface area (Å²) in [5, 5.41) is 8.94. The van der Waals surface area contributed by atoms with Crippen LogP contribution >= 0.6 is 0 Å². The zero-order valence-corrected chi connectivity index (χ0v) is 23.2. The lowest BCUT2D eigenvalue weighted by Gasteiger charge is -2.45. The Morgan fingerprint density at radius 2 is 1.83 bits per heavy atom. The molecule has 13 heteroatoms. The first-order valence-corrected chi connectivity index (χ1v) is 14.6. The van der Waals surface area contributed by atoms with E-state index in [1.165, 1.54) is 6.07 Å². The molecule has 42 heavy (non-hydrogen) atoms. The van der Waals surface area contributed by atoms with Crippen molar-refractivity contribution in [2.45, 2.75) is 56.5 Å². The topological polar surface area (TPSA) is 100 Å². The predicted molar refractivity (Wildman–Crippen MR) is 151 cm³/mol. The van der Waals surface area contributed by atoms with Crippen LogP contribution in [0, 0.1) is 0 Å². The SMILES string of the molecule is FC(F)(F)c1cc(CN2CCOCC2)cc(NC2CCN(C3CC(n4cc(-c5ncnc6[nH]ccc56)cn4)C3)CC2)n1. The summed E-state index contributed by atoms with van der Waals surface area (Å²) in [4.78, 5) is 20.4. The van der Waals surface area contributed by atoms with Gasteiger partial charge in [0, 0.05) is 68.2 Å². The predicted octanol–water partition coefficient (Wildman–Crippen LogP) is 4.35. The molecule has 7 rings (SSSR count). The van der Waals surface area contributed by atoms with Gasteiger partial charge in [-0.25, -0.2) is 15.0 Å². The second-order valence-electron chi connectivity index (χ2n) is 11.5. The molecule has 2 saturated heterocycles. The van der Waals surface area contributed by atoms with Crippen molar-refractivity contribution in [3.05, 3.63) is 54.4 Å². The lowest BCUT2D eigenvalue weighted by atomic mass is 9.84. The van der Waals surface area contributed by atoms with Gasteiger partial charge in [-0.1, -0.05) is 0 Å². The normalized spacial score (nSPS) is 22.8. The van der Waals surface area contributed by atoms with Crippen LogP contribution in [-0.4, -0.2) is 91.0 Å². The van der Waals surface area contributed by atoms with Gasteiger partial charge < -0.3 is 19.9 Å². The van der Waals surface area contributed by atoms with Crippen molar-refractivity contribution in [2.75, 3.05) is 44.7 Å². The van der Waals surface area contributed by atoms with Crippen LogP contribution in [0.5, 0.6) is 0 Å². The number of anilines is 1. The van der Waals surface area contributed by atoms with E-state index in [1.807, 2.05) is 18.5 Å². The van der Waals surface area contributed by atoms with Gasteiger partial charge in [-0.3, -0.25) is 9.58 Å². The fourth-order valence-electron chi connectivity index (χ4n) is 6.37. The standard InChI is InChI=1S/C29H34F3N9O/c30-29(31,32)25-11-19(16-39-7-9-42-10-8-39)12-26(38-25)37-21-2-5-40(6-3-21)22-13-23(14-22)41-17-20(15-36-41)27-24-1-4-33-28(24)35-18-34-27/h1,4,11-12,15,17-18,21-23H,2-3,5-10,13-14,16H2,(H,37,38)(H,33,34,35). The number of aromatic amines is 1. The summed E-state index contributed by atoms with van der Waals surface area (Å²) in [6.45, 7) is 4.91. The van der Waals surface area contributed by atoms with Gasteiger partial charge in [0.05, 0.1) is 31.1 Å². The molecule has 4 aromatic rings. The average molecular weight is 582 g/mol. The molecule has 0 amide bonds. The molecule has 1 saturated carbocycles. The van der Waals surface area contributed by atoms with E-state index in [4.69, 9.17) is 4.74 Å². The molecule has 3 aliphatic rings. The largest absolute Gasteiger partial charge is 0.433 e. The number of nitrogens with one attached hydrogen (secondary N) is 2. The Bertz CT molecular complexity index is 1520. The van der Waals surface area contributed by atoms with Crippen molar-refractivity contribution in [1.82, 2.24) is 39.5 Å². The molecule has 0 unspecified atom stereocenters. The quantitative estimate of drug-likeness (QED) is 0.333. The van der Waals surface area contributed by atoms with Gasteiger partial charge in [0.2, 0.25) is 0 Å². The highest BCUT2D eigenvalue weighted by Gasteiger charge is 2.37. The van der Waals surface area contributed by atoms with E-state index >= 15 is 0 Å². The van der Waals surface area contributed by atoms with Gasteiger partial charge >= 0.3 is 6.18 Å². The fourth-order valence-corrected chi connectivity index (χ4v) is 6.37. The molecule has 0 atom stereocenters. The van der Waals surface area contributed by atoms with Crippen molar-refractivity contribution in [2.24, 2.45) is 0 Å². The van der Waals surface area contributed by atoms with E-state index in [1.54, 1.807) is 12.4 Å². The van der Waals surface area contributed by atoms with E-state index in [9.17, 15) is 13.2 Å². The third kappa shape index (κ3) is 5.72. The van der Waals surface area contributed by atoms with Gasteiger partial charge in [0.15, 0.2) is 0 Å². The van der Waals surface area contributed by atoms with Crippen LogP contribution in [-0.2, 0) is 17.5 Å². The Hall–Kier alpha value is -3.55. The second-order valence-corrected chi connectivity index (χ2v) is 11.5. The molecule has 1 aliphatic carbocycles. The number of rotatable bonds is 7. The number of hydrogen-bond donors (Lipinski definition) is 2. The van der Waals surface area contributed by atoms with Crippen molar-refractivity contribution in [1.29, 1.82) is 0 Å². The summed E-state index contributed by atoms with van der Waals surface area (Å²) < 4.78 is 48.3. The van der Waals surface area contributed by atoms with Crippen LogP contribution in [0.15, 0.2) is 43.1 Å². The highest BCUT2D eigenvalue weighted by Crippen LogP contribution is 2.38. The van der Waals surface area contributed by atoms with Crippen molar-refractivity contribution in [3.63, 3.8) is 0 Å². The van der Waals surface area contributed by atoms with Crippen LogP contribution in [0.2, 0.25) is 0 Å². The summed E-state index contributed by atoms with van der Waals surface area (Å²) in [5.74, 6) is 0.310. The molecule has 0 bridgehead atoms. The van der Waals surface area contributed by atoms with Crippen LogP contribution in [0.4, 0.5) is 19.0 Å². The van der Waals surface area contributed by atoms with E-state index in [0.717, 1.165) is 61.1 Å². The van der Waals surface area contributed by atoms with Gasteiger partial charge in [-0.2, -0.15) is 18.3 Å². The Labute approximate surface area is 241 Å². The molecule has 3 fully saturated rings. The van der Waals surface area contributed by atoms with E-state index in [2.05, 4.69) is 51.0 Å². The first-order chi connectivity index (χ1) is 20.4. The summed E-state index contributed by atoms with van der Waals surface area (Å²) in [5.41, 5.74) is 2.45. The van der Waals surface area contributed by atoms with E-state index < -0.39 is 11.9 Å². The smallest absolute Gasteiger partial charge is 0.379 e. The third-order valence-electron chi connectivity index (χ3n) is 8.77. The number of likely N-dealkylation sites (tertiary alicyclic amines) is 1. The van der Waals surface area contributed by atoms with Gasteiger partial charge in [-0.05, 0) is 49.4 Å². The first kappa shape index (κ1) is 27.3. The minimum absolute atomic E-state index is 0.0937. The highest BCUT2D eigenvalue weighted by atomic mass is 19.4. The second kappa shape index (κ2) is 11.3. The first-order valence-electron chi connectivity index (χ1n) is 14.6. The van der Waals surface area contributed by atoms with Gasteiger partial charge in [-0.15, -0.1) is 0 Å². The number of aromatic nitrogens is 6. The number of H-pyrrole nitrogens is 1. The maximum Gasteiger partial charge on any atom is 0.433 e. The van der Waals surface area contributed by atoms with E-state index in [-0.39, 0.29) is 6.04 Å². The van der Waals surface area contributed by atoms with Crippen LogP contribution in [0.3, 0.4) is 0 Å². The highest BCUT2D eigenvalue weighted by molar-refractivity contribution is 5.89. The lowest BCUT2D eigenvalue weighted by Crippen LogP contribution is -2.50. The Morgan fingerprint density at radius 3 is 2.62 bits per heavy atom. The Morgan fingerprint density at radius 1 is 1.02 bits per heavy atom. The minimum Gasteiger partial charge on any atom is -0.379 e. The maximum absolute atomic E-state index is 13.6. The number of ether oxygens (including phenoxy) is 1. The molecule has 4 aromatic heterocycles. The van der Waals surface area contributed by atoms with Gasteiger partial charge in [0.25, 0.3) is 0 Å². The number of piperidine rings is 1. The maximum atomic E-state index is 13.6. The zero-order valence-electron chi connectivity index (χ0n) is 23.2. The number of nitrogens with zero attached hydrogens (tertiary/aromatic N) is 7. The number of pyridine rings is 1. The molecule has 0 aromatic carbocycles. The summed E-state index contributed by atoms with van der Waals surface area (Å²) in [6.07, 6.45) is 6.67. The molecular formula is C29H34F3N9O. The number of halogens is 3. The Balaban J connectivity index is 0.933. The van der Waals surface area contributed by atoms with E-state index in [0.29, 0.717) is 56.3 Å². The fraction of sp³-hybridized carbons (Fsp3) is 0.517. The number of morpholine rings is 1. The molecule has 2 N–H and O–H groups in total. The Kier molecular flexibility index (Phi) is 7.32. The number of hydrogen-bond acceptors (Lipinski definition) is 8. The van der Waals surface area contributed by atoms with Crippen molar-refractivity contribution < 1.29 is 17.9 Å². The summed E-state index contributed by atoms with van der Waals surface area (Å²) >= 11 is 0. The zero-order chi connectivity index (χ0) is 28.7. The average Bonchev–Trinajstić information content (AvgIpc) is 3.63. The molecule has 10 nitrogen and oxygen atoms in total. The van der Waals surface area contributed by atoms with Crippen molar-refractivity contribution in [3.8, 4) is 11.3 Å². The molecule has 6 heterocycles. The third-order valence-corrected chi connectivity index (χ3v) is 8.77. The molecule has 0 spiro atoms.